The normalized spacial score (nSPS) is 18.2. The molecule has 1 heterocycles. The number of guanidine groups is 1. The zero-order valence-electron chi connectivity index (χ0n) is 11.3. The van der Waals surface area contributed by atoms with Crippen LogP contribution in [-0.2, 0) is 0 Å². The summed E-state index contributed by atoms with van der Waals surface area (Å²) in [4.78, 5) is 6.44. The molecular formula is C16H16ClN3. The first-order valence-corrected chi connectivity index (χ1v) is 6.94. The minimum absolute atomic E-state index is 0.108. The van der Waals surface area contributed by atoms with Crippen LogP contribution in [0.1, 0.15) is 17.2 Å². The molecule has 0 spiro atoms. The Morgan fingerprint density at radius 3 is 2.65 bits per heavy atom. The molecule has 0 amide bonds. The number of nitrogens with two attached hydrogens (primary N) is 1. The molecule has 1 atom stereocenters. The third-order valence-corrected chi connectivity index (χ3v) is 3.77. The summed E-state index contributed by atoms with van der Waals surface area (Å²) in [6, 6.07) is 16.3. The molecule has 20 heavy (non-hydrogen) atoms. The Morgan fingerprint density at radius 2 is 1.95 bits per heavy atom. The zero-order valence-corrected chi connectivity index (χ0v) is 12.0. The van der Waals surface area contributed by atoms with Gasteiger partial charge in [-0.25, -0.2) is 0 Å². The van der Waals surface area contributed by atoms with Gasteiger partial charge < -0.3 is 10.6 Å². The molecule has 3 rings (SSSR count). The van der Waals surface area contributed by atoms with Gasteiger partial charge in [-0.2, -0.15) is 0 Å². The summed E-state index contributed by atoms with van der Waals surface area (Å²) in [6.07, 6.45) is 0. The van der Waals surface area contributed by atoms with Crippen LogP contribution in [0.15, 0.2) is 53.5 Å². The fourth-order valence-corrected chi connectivity index (χ4v) is 2.68. The standard InChI is InChI=1S/C16H16ClN3/c1-11-5-7-14(8-6-11)20-15(10-19-16(20)18)12-3-2-4-13(17)9-12/h2-9,15H,10H2,1H3,(H2,18,19). The van der Waals surface area contributed by atoms with Gasteiger partial charge in [0.25, 0.3) is 0 Å². The summed E-state index contributed by atoms with van der Waals surface area (Å²) in [7, 11) is 0. The van der Waals surface area contributed by atoms with Gasteiger partial charge in [0, 0.05) is 10.7 Å². The van der Waals surface area contributed by atoms with E-state index >= 15 is 0 Å². The van der Waals surface area contributed by atoms with Crippen molar-refractivity contribution in [3.63, 3.8) is 0 Å². The van der Waals surface area contributed by atoms with E-state index in [-0.39, 0.29) is 6.04 Å². The maximum Gasteiger partial charge on any atom is 0.196 e. The highest BCUT2D eigenvalue weighted by Gasteiger charge is 2.28. The van der Waals surface area contributed by atoms with Crippen LogP contribution in [0.5, 0.6) is 0 Å². The average molecular weight is 286 g/mol. The second-order valence-electron chi connectivity index (χ2n) is 4.98. The Labute approximate surface area is 123 Å². The molecular weight excluding hydrogens is 270 g/mol. The highest BCUT2D eigenvalue weighted by Crippen LogP contribution is 2.32. The molecule has 0 bridgehead atoms. The number of nitrogens with zero attached hydrogens (tertiary/aromatic N) is 2. The Hall–Kier alpha value is -2.00. The predicted octanol–water partition coefficient (Wildman–Crippen LogP) is 3.52. The summed E-state index contributed by atoms with van der Waals surface area (Å²) in [5.74, 6) is 0.554. The van der Waals surface area contributed by atoms with Crippen LogP contribution in [-0.4, -0.2) is 12.5 Å². The number of halogens is 1. The van der Waals surface area contributed by atoms with E-state index < -0.39 is 0 Å². The smallest absolute Gasteiger partial charge is 0.196 e. The molecule has 4 heteroatoms. The van der Waals surface area contributed by atoms with E-state index in [9.17, 15) is 0 Å². The number of benzene rings is 2. The Balaban J connectivity index is 1.98. The van der Waals surface area contributed by atoms with Gasteiger partial charge in [0.1, 0.15) is 0 Å². The quantitative estimate of drug-likeness (QED) is 0.917. The molecule has 1 unspecified atom stereocenters. The molecule has 0 aliphatic carbocycles. The maximum atomic E-state index is 6.09. The van der Waals surface area contributed by atoms with E-state index in [0.29, 0.717) is 12.5 Å². The van der Waals surface area contributed by atoms with Gasteiger partial charge in [-0.05, 0) is 36.8 Å². The van der Waals surface area contributed by atoms with Crippen LogP contribution in [0.4, 0.5) is 5.69 Å². The van der Waals surface area contributed by atoms with Crippen molar-refractivity contribution >= 4 is 23.2 Å². The van der Waals surface area contributed by atoms with Gasteiger partial charge in [0.15, 0.2) is 5.96 Å². The Bertz CT molecular complexity index is 649. The number of aryl methyl sites for hydroxylation is 1. The summed E-state index contributed by atoms with van der Waals surface area (Å²) < 4.78 is 0. The highest BCUT2D eigenvalue weighted by molar-refractivity contribution is 6.30. The molecule has 0 fully saturated rings. The molecule has 0 radical (unpaired) electrons. The summed E-state index contributed by atoms with van der Waals surface area (Å²) in [5.41, 5.74) is 9.46. The van der Waals surface area contributed by atoms with Gasteiger partial charge in [0.2, 0.25) is 0 Å². The average Bonchev–Trinajstić information content (AvgIpc) is 2.82. The van der Waals surface area contributed by atoms with E-state index in [2.05, 4.69) is 47.1 Å². The fourth-order valence-electron chi connectivity index (χ4n) is 2.48. The van der Waals surface area contributed by atoms with Crippen LogP contribution < -0.4 is 10.6 Å². The number of hydrogen-bond acceptors (Lipinski definition) is 3. The highest BCUT2D eigenvalue weighted by atomic mass is 35.5. The molecule has 0 aromatic heterocycles. The monoisotopic (exact) mass is 285 g/mol. The minimum atomic E-state index is 0.108. The second-order valence-corrected chi connectivity index (χ2v) is 5.41. The van der Waals surface area contributed by atoms with Crippen molar-refractivity contribution in [2.24, 2.45) is 10.7 Å². The van der Waals surface area contributed by atoms with Gasteiger partial charge in [0.05, 0.1) is 12.6 Å². The lowest BCUT2D eigenvalue weighted by molar-refractivity contribution is 0.769. The lowest BCUT2D eigenvalue weighted by Crippen LogP contribution is -2.36. The van der Waals surface area contributed by atoms with Crippen molar-refractivity contribution in [1.29, 1.82) is 0 Å². The maximum absolute atomic E-state index is 6.09. The van der Waals surface area contributed by atoms with E-state index in [0.717, 1.165) is 16.3 Å². The number of hydrogen-bond donors (Lipinski definition) is 1. The largest absolute Gasteiger partial charge is 0.369 e. The van der Waals surface area contributed by atoms with Crippen LogP contribution >= 0.6 is 11.6 Å². The van der Waals surface area contributed by atoms with Crippen molar-refractivity contribution < 1.29 is 0 Å². The number of aliphatic imine (C=N–C) groups is 1. The summed E-state index contributed by atoms with van der Waals surface area (Å²) in [6.45, 7) is 2.72. The molecule has 1 aliphatic rings. The van der Waals surface area contributed by atoms with Crippen molar-refractivity contribution in [2.75, 3.05) is 11.4 Å². The van der Waals surface area contributed by atoms with E-state index in [1.807, 2.05) is 18.2 Å². The van der Waals surface area contributed by atoms with Gasteiger partial charge >= 0.3 is 0 Å². The molecule has 102 valence electrons. The van der Waals surface area contributed by atoms with Crippen LogP contribution in [0.2, 0.25) is 5.02 Å². The zero-order chi connectivity index (χ0) is 14.1. The van der Waals surface area contributed by atoms with Crippen molar-refractivity contribution in [2.45, 2.75) is 13.0 Å². The minimum Gasteiger partial charge on any atom is -0.369 e. The molecule has 2 N–H and O–H groups in total. The number of anilines is 1. The second kappa shape index (κ2) is 5.17. The van der Waals surface area contributed by atoms with Crippen LogP contribution in [0.25, 0.3) is 0 Å². The van der Waals surface area contributed by atoms with Crippen molar-refractivity contribution in [3.8, 4) is 0 Å². The van der Waals surface area contributed by atoms with Gasteiger partial charge in [-0.3, -0.25) is 4.99 Å². The van der Waals surface area contributed by atoms with E-state index in [1.54, 1.807) is 0 Å². The first-order chi connectivity index (χ1) is 9.65. The molecule has 0 saturated carbocycles. The van der Waals surface area contributed by atoms with E-state index in [4.69, 9.17) is 17.3 Å². The predicted molar refractivity (Wildman–Crippen MR) is 84.3 cm³/mol. The molecule has 1 aliphatic heterocycles. The molecule has 2 aromatic carbocycles. The fraction of sp³-hybridized carbons (Fsp3) is 0.188. The number of rotatable bonds is 2. The van der Waals surface area contributed by atoms with Crippen molar-refractivity contribution in [1.82, 2.24) is 0 Å². The molecule has 2 aromatic rings. The van der Waals surface area contributed by atoms with Crippen LogP contribution in [0.3, 0.4) is 0 Å². The summed E-state index contributed by atoms with van der Waals surface area (Å²) >= 11 is 6.09. The Morgan fingerprint density at radius 1 is 1.20 bits per heavy atom. The third kappa shape index (κ3) is 2.37. The topological polar surface area (TPSA) is 41.6 Å². The molecule has 3 nitrogen and oxygen atoms in total. The lowest BCUT2D eigenvalue weighted by atomic mass is 10.1. The van der Waals surface area contributed by atoms with Gasteiger partial charge in [-0.15, -0.1) is 0 Å². The first-order valence-electron chi connectivity index (χ1n) is 6.56. The Kier molecular flexibility index (Phi) is 3.36. The SMILES string of the molecule is Cc1ccc(N2C(N)=NCC2c2cccc(Cl)c2)cc1. The van der Waals surface area contributed by atoms with Crippen molar-refractivity contribution in [3.05, 3.63) is 64.7 Å². The summed E-state index contributed by atoms with van der Waals surface area (Å²) in [5, 5.41) is 0.733. The third-order valence-electron chi connectivity index (χ3n) is 3.53. The molecule has 0 saturated heterocycles. The van der Waals surface area contributed by atoms with E-state index in [1.165, 1.54) is 5.56 Å². The van der Waals surface area contributed by atoms with Gasteiger partial charge in [-0.1, -0.05) is 41.4 Å². The van der Waals surface area contributed by atoms with Crippen LogP contribution in [0, 0.1) is 6.92 Å². The first kappa shape index (κ1) is 13.0. The lowest BCUT2D eigenvalue weighted by Gasteiger charge is -2.27.